The van der Waals surface area contributed by atoms with E-state index in [0.717, 1.165) is 5.56 Å². The molecule has 0 aliphatic carbocycles. The minimum Gasteiger partial charge on any atom is -0.467 e. The number of ether oxygens (including phenoxy) is 1. The van der Waals surface area contributed by atoms with E-state index in [1.165, 1.54) is 0 Å². The molecule has 126 valence electrons. The minimum atomic E-state index is -0.343. The lowest BCUT2D eigenvalue weighted by atomic mass is 10.1. The highest BCUT2D eigenvalue weighted by Crippen LogP contribution is 2.16. The van der Waals surface area contributed by atoms with Crippen molar-refractivity contribution in [1.29, 1.82) is 5.26 Å². The number of nitrogens with one attached hydrogen (secondary N) is 1. The number of hydrogen-bond donors (Lipinski definition) is 1. The van der Waals surface area contributed by atoms with E-state index in [1.807, 2.05) is 6.07 Å². The maximum atomic E-state index is 12.4. The molecule has 5 heteroatoms. The zero-order chi connectivity index (χ0) is 17.4. The molecule has 0 unspecified atom stereocenters. The van der Waals surface area contributed by atoms with E-state index in [-0.39, 0.29) is 11.9 Å². The summed E-state index contributed by atoms with van der Waals surface area (Å²) in [6.07, 6.45) is 1.91. The smallest absolute Gasteiger partial charge is 0.251 e. The average Bonchev–Trinajstić information content (AvgIpc) is 3.09. The summed E-state index contributed by atoms with van der Waals surface area (Å²) in [5.74, 6) is 0.881. The Labute approximate surface area is 142 Å². The minimum absolute atomic E-state index is 0.201. The molecule has 1 N–H and O–H groups in total. The van der Waals surface area contributed by atoms with E-state index in [2.05, 4.69) is 25.2 Å². The van der Waals surface area contributed by atoms with E-state index in [4.69, 9.17) is 14.4 Å². The number of hydrogen-bond acceptors (Lipinski definition) is 4. The van der Waals surface area contributed by atoms with Gasteiger partial charge in [-0.3, -0.25) is 4.79 Å². The van der Waals surface area contributed by atoms with Gasteiger partial charge in [-0.05, 0) is 35.7 Å². The summed E-state index contributed by atoms with van der Waals surface area (Å²) in [5.41, 5.74) is 1.43. The fourth-order valence-corrected chi connectivity index (χ4v) is 2.21. The first-order valence-electron chi connectivity index (χ1n) is 7.98. The second kappa shape index (κ2) is 8.90. The van der Waals surface area contributed by atoms with Crippen LogP contribution in [-0.2, 0) is 11.2 Å². The number of nitriles is 1. The molecule has 0 fully saturated rings. The second-order valence-electron chi connectivity index (χ2n) is 6.00. The Bertz CT molecular complexity index is 670. The van der Waals surface area contributed by atoms with Gasteiger partial charge in [0, 0.05) is 12.2 Å². The Morgan fingerprint density at radius 3 is 2.58 bits per heavy atom. The fourth-order valence-electron chi connectivity index (χ4n) is 2.21. The summed E-state index contributed by atoms with van der Waals surface area (Å²) < 4.78 is 11.1. The van der Waals surface area contributed by atoms with E-state index in [1.54, 1.807) is 36.6 Å². The summed E-state index contributed by atoms with van der Waals surface area (Å²) in [4.78, 5) is 12.4. The lowest BCUT2D eigenvalue weighted by Gasteiger charge is -2.18. The van der Waals surface area contributed by atoms with Gasteiger partial charge in [-0.15, -0.1) is 0 Å². The van der Waals surface area contributed by atoms with Gasteiger partial charge in [-0.2, -0.15) is 5.26 Å². The van der Waals surface area contributed by atoms with Crippen molar-refractivity contribution in [3.8, 4) is 6.07 Å². The molecule has 1 aromatic carbocycles. The molecule has 2 aromatic rings. The zero-order valence-corrected chi connectivity index (χ0v) is 14.0. The first-order chi connectivity index (χ1) is 11.6. The molecule has 5 nitrogen and oxygen atoms in total. The van der Waals surface area contributed by atoms with E-state index < -0.39 is 0 Å². The topological polar surface area (TPSA) is 75.3 Å². The van der Waals surface area contributed by atoms with Crippen LogP contribution in [0.4, 0.5) is 0 Å². The van der Waals surface area contributed by atoms with Crippen molar-refractivity contribution in [2.45, 2.75) is 26.3 Å². The largest absolute Gasteiger partial charge is 0.467 e. The normalized spacial score (nSPS) is 11.9. The Kier molecular flexibility index (Phi) is 6.59. The van der Waals surface area contributed by atoms with Gasteiger partial charge >= 0.3 is 0 Å². The fraction of sp³-hybridized carbons (Fsp3) is 0.368. The van der Waals surface area contributed by atoms with E-state index >= 15 is 0 Å². The average molecular weight is 326 g/mol. The van der Waals surface area contributed by atoms with Crippen molar-refractivity contribution in [2.24, 2.45) is 5.92 Å². The molecule has 0 saturated carbocycles. The summed E-state index contributed by atoms with van der Waals surface area (Å²) in [6.45, 7) is 5.12. The first kappa shape index (κ1) is 17.8. The van der Waals surface area contributed by atoms with Crippen LogP contribution < -0.4 is 5.32 Å². The molecule has 1 atom stereocenters. The number of carbonyl (C=O) groups excluding carboxylic acids is 1. The molecule has 0 saturated heterocycles. The van der Waals surface area contributed by atoms with Crippen LogP contribution in [-0.4, -0.2) is 19.1 Å². The van der Waals surface area contributed by atoms with E-state index in [0.29, 0.717) is 36.9 Å². The van der Waals surface area contributed by atoms with Crippen LogP contribution in [0.25, 0.3) is 0 Å². The lowest BCUT2D eigenvalue weighted by Crippen LogP contribution is -2.31. The molecule has 1 aromatic heterocycles. The number of amides is 1. The number of rotatable bonds is 8. The van der Waals surface area contributed by atoms with Gasteiger partial charge in [0.1, 0.15) is 11.8 Å². The van der Waals surface area contributed by atoms with Gasteiger partial charge in [0.25, 0.3) is 5.91 Å². The highest BCUT2D eigenvalue weighted by molar-refractivity contribution is 5.94. The van der Waals surface area contributed by atoms with Crippen LogP contribution in [0.15, 0.2) is 47.1 Å². The van der Waals surface area contributed by atoms with Gasteiger partial charge in [0.05, 0.1) is 25.4 Å². The van der Waals surface area contributed by atoms with Gasteiger partial charge in [0.15, 0.2) is 0 Å². The summed E-state index contributed by atoms with van der Waals surface area (Å²) in [7, 11) is 0. The van der Waals surface area contributed by atoms with Crippen molar-refractivity contribution in [1.82, 2.24) is 5.32 Å². The lowest BCUT2D eigenvalue weighted by molar-refractivity contribution is 0.0730. The van der Waals surface area contributed by atoms with Gasteiger partial charge in [-0.1, -0.05) is 26.0 Å². The molecule has 0 aliphatic heterocycles. The predicted molar refractivity (Wildman–Crippen MR) is 90.3 cm³/mol. The highest BCUT2D eigenvalue weighted by Gasteiger charge is 2.18. The number of benzene rings is 1. The maximum Gasteiger partial charge on any atom is 0.251 e. The van der Waals surface area contributed by atoms with Crippen LogP contribution in [0.1, 0.15) is 41.6 Å². The van der Waals surface area contributed by atoms with Crippen LogP contribution >= 0.6 is 0 Å². The Morgan fingerprint density at radius 1 is 1.25 bits per heavy atom. The Balaban J connectivity index is 2.02. The monoisotopic (exact) mass is 326 g/mol. The van der Waals surface area contributed by atoms with Crippen molar-refractivity contribution in [2.75, 3.05) is 13.2 Å². The Morgan fingerprint density at radius 2 is 2.00 bits per heavy atom. The molecule has 0 radical (unpaired) electrons. The van der Waals surface area contributed by atoms with Crippen LogP contribution in [0.2, 0.25) is 0 Å². The summed E-state index contributed by atoms with van der Waals surface area (Å²) in [6, 6.07) is 12.4. The standard InChI is InChI=1S/C19H22N2O3/c1-14(2)12-23-13-17(18-4-3-11-24-18)21-19(22)16-7-5-15(6-8-16)9-10-20/h3-8,11,14,17H,9,12-13H2,1-2H3,(H,21,22)/t17-/m1/s1. The molecular weight excluding hydrogens is 304 g/mol. The Hall–Kier alpha value is -2.58. The van der Waals surface area contributed by atoms with Gasteiger partial charge in [0.2, 0.25) is 0 Å². The van der Waals surface area contributed by atoms with Crippen molar-refractivity contribution in [3.05, 3.63) is 59.5 Å². The van der Waals surface area contributed by atoms with Gasteiger partial charge in [-0.25, -0.2) is 0 Å². The number of furan rings is 1. The third kappa shape index (κ3) is 5.25. The predicted octanol–water partition coefficient (Wildman–Crippen LogP) is 3.49. The molecular formula is C19H22N2O3. The van der Waals surface area contributed by atoms with E-state index in [9.17, 15) is 4.79 Å². The maximum absolute atomic E-state index is 12.4. The van der Waals surface area contributed by atoms with Crippen LogP contribution in [0.3, 0.4) is 0 Å². The molecule has 24 heavy (non-hydrogen) atoms. The molecule has 1 amide bonds. The highest BCUT2D eigenvalue weighted by atomic mass is 16.5. The first-order valence-corrected chi connectivity index (χ1v) is 7.98. The third-order valence-electron chi connectivity index (χ3n) is 3.43. The zero-order valence-electron chi connectivity index (χ0n) is 14.0. The number of nitrogens with zero attached hydrogens (tertiary/aromatic N) is 1. The molecule has 0 spiro atoms. The quantitative estimate of drug-likeness (QED) is 0.805. The van der Waals surface area contributed by atoms with Crippen molar-refractivity contribution >= 4 is 5.91 Å². The SMILES string of the molecule is CC(C)COC[C@@H](NC(=O)c1ccc(CC#N)cc1)c1ccco1. The number of carbonyl (C=O) groups is 1. The third-order valence-corrected chi connectivity index (χ3v) is 3.43. The summed E-state index contributed by atoms with van der Waals surface area (Å²) >= 11 is 0. The van der Waals surface area contributed by atoms with Crippen molar-refractivity contribution in [3.63, 3.8) is 0 Å². The van der Waals surface area contributed by atoms with Gasteiger partial charge < -0.3 is 14.5 Å². The van der Waals surface area contributed by atoms with Crippen LogP contribution in [0.5, 0.6) is 0 Å². The second-order valence-corrected chi connectivity index (χ2v) is 6.00. The molecule has 1 heterocycles. The molecule has 0 bridgehead atoms. The molecule has 0 aliphatic rings. The molecule has 2 rings (SSSR count). The van der Waals surface area contributed by atoms with Crippen molar-refractivity contribution < 1.29 is 13.9 Å². The summed E-state index contributed by atoms with van der Waals surface area (Å²) in [5, 5.41) is 11.6. The van der Waals surface area contributed by atoms with Crippen LogP contribution in [0, 0.1) is 17.2 Å².